The van der Waals surface area contributed by atoms with Gasteiger partial charge in [-0.15, -0.1) is 11.8 Å². The number of halogens is 1. The van der Waals surface area contributed by atoms with E-state index in [-0.39, 0.29) is 17.8 Å². The molecule has 0 N–H and O–H groups in total. The maximum Gasteiger partial charge on any atom is 0.232 e. The molecule has 3 rings (SSSR count). The van der Waals surface area contributed by atoms with Crippen molar-refractivity contribution >= 4 is 17.7 Å². The Hall–Kier alpha value is -2.59. The number of amides is 1. The average molecular weight is 371 g/mol. The summed E-state index contributed by atoms with van der Waals surface area (Å²) in [6.45, 7) is 1.23. The van der Waals surface area contributed by atoms with Crippen molar-refractivity contribution in [3.05, 3.63) is 54.0 Å². The van der Waals surface area contributed by atoms with Crippen LogP contribution in [-0.4, -0.2) is 40.7 Å². The van der Waals surface area contributed by atoms with Crippen LogP contribution < -0.4 is 4.74 Å². The lowest BCUT2D eigenvalue weighted by Gasteiger charge is -2.32. The molecule has 0 spiro atoms. The molecule has 1 aromatic heterocycles. The lowest BCUT2D eigenvalue weighted by atomic mass is 10.1. The first-order valence-corrected chi connectivity index (χ1v) is 9.32. The van der Waals surface area contributed by atoms with E-state index < -0.39 is 0 Å². The van der Waals surface area contributed by atoms with Crippen LogP contribution in [-0.2, 0) is 4.79 Å². The van der Waals surface area contributed by atoms with Crippen molar-refractivity contribution in [3.8, 4) is 11.9 Å². The van der Waals surface area contributed by atoms with Crippen LogP contribution in [0.3, 0.4) is 0 Å². The summed E-state index contributed by atoms with van der Waals surface area (Å²) in [5.41, 5.74) is 0.418. The summed E-state index contributed by atoms with van der Waals surface area (Å²) in [5.74, 6) is 0.464. The van der Waals surface area contributed by atoms with Crippen molar-refractivity contribution in [1.29, 1.82) is 5.26 Å². The molecule has 1 fully saturated rings. The number of benzene rings is 1. The highest BCUT2D eigenvalue weighted by Gasteiger charge is 2.24. The van der Waals surface area contributed by atoms with Crippen molar-refractivity contribution in [2.24, 2.45) is 0 Å². The fourth-order valence-corrected chi connectivity index (χ4v) is 3.52. The van der Waals surface area contributed by atoms with Gasteiger partial charge >= 0.3 is 0 Å². The van der Waals surface area contributed by atoms with Gasteiger partial charge in [0.2, 0.25) is 11.8 Å². The fraction of sp³-hybridized carbons (Fsp3) is 0.316. The van der Waals surface area contributed by atoms with Crippen molar-refractivity contribution in [1.82, 2.24) is 9.88 Å². The summed E-state index contributed by atoms with van der Waals surface area (Å²) >= 11 is 1.40. The Kier molecular flexibility index (Phi) is 6.08. The molecule has 0 saturated carbocycles. The summed E-state index contributed by atoms with van der Waals surface area (Å²) in [7, 11) is 0. The van der Waals surface area contributed by atoms with Gasteiger partial charge in [0.1, 0.15) is 23.6 Å². The molecule has 1 aliphatic rings. The van der Waals surface area contributed by atoms with Gasteiger partial charge in [0.05, 0.1) is 5.75 Å². The third-order valence-electron chi connectivity index (χ3n) is 4.14. The second kappa shape index (κ2) is 8.68. The van der Waals surface area contributed by atoms with Crippen molar-refractivity contribution in [3.63, 3.8) is 0 Å². The zero-order chi connectivity index (χ0) is 18.4. The average Bonchev–Trinajstić information content (AvgIpc) is 2.68. The van der Waals surface area contributed by atoms with Gasteiger partial charge < -0.3 is 9.64 Å². The van der Waals surface area contributed by atoms with Crippen LogP contribution in [0.5, 0.6) is 5.88 Å². The molecule has 0 atom stereocenters. The number of aromatic nitrogens is 1. The number of nitrogens with zero attached hydrogens (tertiary/aromatic N) is 3. The van der Waals surface area contributed by atoms with Gasteiger partial charge in [-0.2, -0.15) is 5.26 Å². The predicted octanol–water partition coefficient (Wildman–Crippen LogP) is 3.25. The number of nitriles is 1. The zero-order valence-electron chi connectivity index (χ0n) is 14.1. The molecule has 0 bridgehead atoms. The van der Waals surface area contributed by atoms with Gasteiger partial charge in [-0.3, -0.25) is 4.79 Å². The minimum absolute atomic E-state index is 0.0502. The molecule has 5 nitrogen and oxygen atoms in total. The maximum absolute atomic E-state index is 12.9. The lowest BCUT2D eigenvalue weighted by Crippen LogP contribution is -2.42. The number of rotatable bonds is 5. The quantitative estimate of drug-likeness (QED) is 0.755. The Morgan fingerprint density at radius 2 is 2.04 bits per heavy atom. The number of thioether (sulfide) groups is 1. The van der Waals surface area contributed by atoms with E-state index in [1.54, 1.807) is 30.5 Å². The van der Waals surface area contributed by atoms with Crippen LogP contribution in [0.2, 0.25) is 0 Å². The Morgan fingerprint density at radius 3 is 2.73 bits per heavy atom. The SMILES string of the molecule is N#Cc1cccnc1OC1CCN(C(=O)CSc2ccc(F)cc2)CC1. The number of piperidine rings is 1. The van der Waals surface area contributed by atoms with Gasteiger partial charge in [0.25, 0.3) is 0 Å². The third-order valence-corrected chi connectivity index (χ3v) is 5.14. The molecule has 1 amide bonds. The van der Waals surface area contributed by atoms with Crippen molar-refractivity contribution in [2.45, 2.75) is 23.8 Å². The highest BCUT2D eigenvalue weighted by molar-refractivity contribution is 8.00. The normalized spacial score (nSPS) is 14.7. The predicted molar refractivity (Wildman–Crippen MR) is 96.3 cm³/mol. The van der Waals surface area contributed by atoms with E-state index in [4.69, 9.17) is 10.00 Å². The number of hydrogen-bond donors (Lipinski definition) is 0. The van der Waals surface area contributed by atoms with Gasteiger partial charge in [-0.05, 0) is 36.4 Å². The zero-order valence-corrected chi connectivity index (χ0v) is 14.9. The molecule has 0 unspecified atom stereocenters. The summed E-state index contributed by atoms with van der Waals surface area (Å²) in [6, 6.07) is 11.6. The van der Waals surface area contributed by atoms with Gasteiger partial charge in [-0.1, -0.05) is 0 Å². The molecule has 2 aromatic rings. The molecule has 1 saturated heterocycles. The highest BCUT2D eigenvalue weighted by atomic mass is 32.2. The van der Waals surface area contributed by atoms with Crippen LogP contribution in [0.15, 0.2) is 47.5 Å². The highest BCUT2D eigenvalue weighted by Crippen LogP contribution is 2.22. The summed E-state index contributed by atoms with van der Waals surface area (Å²) in [4.78, 5) is 19.1. The largest absolute Gasteiger partial charge is 0.473 e. The first-order valence-electron chi connectivity index (χ1n) is 8.33. The van der Waals surface area contributed by atoms with Crippen LogP contribution >= 0.6 is 11.8 Å². The van der Waals surface area contributed by atoms with E-state index in [0.29, 0.717) is 43.1 Å². The topological polar surface area (TPSA) is 66.2 Å². The molecule has 1 aromatic carbocycles. The Bertz CT molecular complexity index is 799. The number of carbonyl (C=O) groups excluding carboxylic acids is 1. The summed E-state index contributed by atoms with van der Waals surface area (Å²) < 4.78 is 18.7. The number of likely N-dealkylation sites (tertiary alicyclic amines) is 1. The number of carbonyl (C=O) groups is 1. The van der Waals surface area contributed by atoms with Crippen LogP contribution in [0, 0.1) is 17.1 Å². The standard InChI is InChI=1S/C19H18FN3O2S/c20-15-3-5-17(6-4-15)26-13-18(24)23-10-7-16(8-11-23)25-19-14(12-21)2-1-9-22-19/h1-6,9,16H,7-8,10-11,13H2. The van der Waals surface area contributed by atoms with E-state index in [0.717, 1.165) is 4.90 Å². The fourth-order valence-electron chi connectivity index (χ4n) is 2.72. The molecule has 7 heteroatoms. The molecule has 0 radical (unpaired) electrons. The second-order valence-electron chi connectivity index (χ2n) is 5.91. The van der Waals surface area contributed by atoms with E-state index >= 15 is 0 Å². The first kappa shape index (κ1) is 18.2. The molecule has 2 heterocycles. The molecular formula is C19H18FN3O2S. The van der Waals surface area contributed by atoms with Gasteiger partial charge in [-0.25, -0.2) is 9.37 Å². The van der Waals surface area contributed by atoms with Crippen molar-refractivity contribution < 1.29 is 13.9 Å². The number of pyridine rings is 1. The summed E-state index contributed by atoms with van der Waals surface area (Å²) in [6.07, 6.45) is 2.95. The lowest BCUT2D eigenvalue weighted by molar-refractivity contribution is -0.130. The maximum atomic E-state index is 12.9. The minimum atomic E-state index is -0.282. The molecular weight excluding hydrogens is 353 g/mol. The number of hydrogen-bond acceptors (Lipinski definition) is 5. The Labute approximate surface area is 155 Å². The molecule has 134 valence electrons. The third kappa shape index (κ3) is 4.73. The van der Waals surface area contributed by atoms with E-state index in [2.05, 4.69) is 11.1 Å². The summed E-state index contributed by atoms with van der Waals surface area (Å²) in [5, 5.41) is 9.08. The molecule has 1 aliphatic heterocycles. The van der Waals surface area contributed by atoms with E-state index in [1.807, 2.05) is 4.90 Å². The number of ether oxygens (including phenoxy) is 1. The first-order chi connectivity index (χ1) is 12.7. The van der Waals surface area contributed by atoms with Crippen LogP contribution in [0.4, 0.5) is 4.39 Å². The van der Waals surface area contributed by atoms with Crippen LogP contribution in [0.1, 0.15) is 18.4 Å². The molecule has 0 aliphatic carbocycles. The van der Waals surface area contributed by atoms with Crippen molar-refractivity contribution in [2.75, 3.05) is 18.8 Å². The van der Waals surface area contributed by atoms with Gasteiger partial charge in [0.15, 0.2) is 0 Å². The van der Waals surface area contributed by atoms with E-state index in [9.17, 15) is 9.18 Å². The van der Waals surface area contributed by atoms with Gasteiger partial charge in [0, 0.05) is 37.0 Å². The smallest absolute Gasteiger partial charge is 0.232 e. The minimum Gasteiger partial charge on any atom is -0.473 e. The monoisotopic (exact) mass is 371 g/mol. The van der Waals surface area contributed by atoms with Crippen LogP contribution in [0.25, 0.3) is 0 Å². The Morgan fingerprint density at radius 1 is 1.31 bits per heavy atom. The molecule has 26 heavy (non-hydrogen) atoms. The second-order valence-corrected chi connectivity index (χ2v) is 6.96. The Balaban J connectivity index is 1.46. The van der Waals surface area contributed by atoms with E-state index in [1.165, 1.54) is 23.9 Å².